The Morgan fingerprint density at radius 3 is 2.54 bits per heavy atom. The summed E-state index contributed by atoms with van der Waals surface area (Å²) in [7, 11) is 0. The molecule has 1 fully saturated rings. The zero-order valence-corrected chi connectivity index (χ0v) is 15.8. The molecule has 2 aromatic rings. The van der Waals surface area contributed by atoms with Gasteiger partial charge in [-0.05, 0) is 35.9 Å². The van der Waals surface area contributed by atoms with E-state index in [9.17, 15) is 4.79 Å². The lowest BCUT2D eigenvalue weighted by Crippen LogP contribution is -2.47. The topological polar surface area (TPSA) is 38.3 Å². The molecule has 0 aromatic heterocycles. The lowest BCUT2D eigenvalue weighted by atomic mass is 9.80. The van der Waals surface area contributed by atoms with Crippen molar-refractivity contribution in [2.75, 3.05) is 6.61 Å². The highest BCUT2D eigenvalue weighted by Crippen LogP contribution is 2.42. The maximum Gasteiger partial charge on any atom is 0.407 e. The van der Waals surface area contributed by atoms with Crippen LogP contribution >= 0.6 is 35.8 Å². The molecule has 1 aliphatic heterocycles. The summed E-state index contributed by atoms with van der Waals surface area (Å²) in [6.45, 7) is 4.60. The standard InChI is InChI=1S/C18H18ClNO2S.ClH/c1-18(2)11-22-17(21)20-16(18)14-5-3-4-6-15(14)23-13-9-7-12(19)8-10-13;/h3-10,16H,11H2,1-2H3,(H,20,21);1H/t16-;/m0./s1. The van der Waals surface area contributed by atoms with Gasteiger partial charge < -0.3 is 10.1 Å². The van der Waals surface area contributed by atoms with Crippen molar-refractivity contribution in [2.45, 2.75) is 29.7 Å². The van der Waals surface area contributed by atoms with Crippen LogP contribution in [0.3, 0.4) is 0 Å². The maximum atomic E-state index is 11.7. The van der Waals surface area contributed by atoms with Gasteiger partial charge in [0.2, 0.25) is 0 Å². The summed E-state index contributed by atoms with van der Waals surface area (Å²) < 4.78 is 5.14. The largest absolute Gasteiger partial charge is 0.449 e. The molecule has 1 saturated heterocycles. The number of hydrogen-bond acceptors (Lipinski definition) is 3. The average molecular weight is 384 g/mol. The van der Waals surface area contributed by atoms with Crippen molar-refractivity contribution in [3.8, 4) is 0 Å². The molecule has 128 valence electrons. The molecule has 3 rings (SSSR count). The lowest BCUT2D eigenvalue weighted by molar-refractivity contribution is 0.0380. The molecule has 2 aromatic carbocycles. The van der Waals surface area contributed by atoms with Crippen LogP contribution in [0.25, 0.3) is 0 Å². The first-order valence-corrected chi connectivity index (χ1v) is 8.61. The molecule has 1 amide bonds. The van der Waals surface area contributed by atoms with Crippen molar-refractivity contribution in [1.29, 1.82) is 0 Å². The van der Waals surface area contributed by atoms with E-state index in [1.165, 1.54) is 0 Å². The number of halogens is 2. The number of ether oxygens (including phenoxy) is 1. The Hall–Kier alpha value is -1.36. The first-order valence-electron chi connectivity index (χ1n) is 7.41. The summed E-state index contributed by atoms with van der Waals surface area (Å²) in [6.07, 6.45) is -0.361. The summed E-state index contributed by atoms with van der Waals surface area (Å²) in [5.74, 6) is 0. The number of alkyl carbamates (subject to hydrolysis) is 1. The van der Waals surface area contributed by atoms with Crippen molar-refractivity contribution in [3.05, 3.63) is 59.1 Å². The second-order valence-corrected chi connectivity index (χ2v) is 7.79. The Kier molecular flexibility index (Phi) is 6.07. The molecule has 1 N–H and O–H groups in total. The molecular weight excluding hydrogens is 365 g/mol. The van der Waals surface area contributed by atoms with Gasteiger partial charge in [0.05, 0.1) is 6.04 Å². The minimum atomic E-state index is -0.361. The molecule has 1 heterocycles. The highest BCUT2D eigenvalue weighted by atomic mass is 35.5. The maximum absolute atomic E-state index is 11.7. The molecule has 1 aliphatic rings. The monoisotopic (exact) mass is 383 g/mol. The van der Waals surface area contributed by atoms with E-state index in [2.05, 4.69) is 31.3 Å². The second kappa shape index (κ2) is 7.68. The van der Waals surface area contributed by atoms with Crippen LogP contribution in [-0.4, -0.2) is 12.7 Å². The van der Waals surface area contributed by atoms with Gasteiger partial charge in [-0.15, -0.1) is 12.4 Å². The number of carbonyl (C=O) groups excluding carboxylic acids is 1. The highest BCUT2D eigenvalue weighted by Gasteiger charge is 2.38. The van der Waals surface area contributed by atoms with Crippen LogP contribution in [-0.2, 0) is 4.74 Å². The summed E-state index contributed by atoms with van der Waals surface area (Å²) in [4.78, 5) is 13.9. The Bertz CT molecular complexity index is 719. The zero-order valence-electron chi connectivity index (χ0n) is 13.4. The summed E-state index contributed by atoms with van der Waals surface area (Å²) in [5, 5.41) is 3.69. The van der Waals surface area contributed by atoms with Gasteiger partial charge in [0.1, 0.15) is 6.61 Å². The number of carbonyl (C=O) groups is 1. The van der Waals surface area contributed by atoms with Crippen molar-refractivity contribution in [3.63, 3.8) is 0 Å². The zero-order chi connectivity index (χ0) is 16.4. The third kappa shape index (κ3) is 4.18. The number of rotatable bonds is 3. The molecule has 0 aliphatic carbocycles. The summed E-state index contributed by atoms with van der Waals surface area (Å²) in [6, 6.07) is 15.8. The fourth-order valence-electron chi connectivity index (χ4n) is 2.63. The van der Waals surface area contributed by atoms with Gasteiger partial charge in [-0.3, -0.25) is 0 Å². The molecule has 0 radical (unpaired) electrons. The van der Waals surface area contributed by atoms with Crippen molar-refractivity contribution in [2.24, 2.45) is 5.41 Å². The number of benzene rings is 2. The van der Waals surface area contributed by atoms with Crippen LogP contribution < -0.4 is 5.32 Å². The van der Waals surface area contributed by atoms with Crippen LogP contribution in [0.4, 0.5) is 4.79 Å². The molecular formula is C18H19Cl2NO2S. The van der Waals surface area contributed by atoms with E-state index in [0.29, 0.717) is 6.61 Å². The third-order valence-corrected chi connectivity index (χ3v) is 5.24. The smallest absolute Gasteiger partial charge is 0.407 e. The first kappa shape index (κ1) is 19.0. The van der Waals surface area contributed by atoms with E-state index in [-0.39, 0.29) is 30.0 Å². The van der Waals surface area contributed by atoms with Crippen LogP contribution in [0.15, 0.2) is 58.3 Å². The number of cyclic esters (lactones) is 1. The van der Waals surface area contributed by atoms with Gasteiger partial charge in [-0.2, -0.15) is 0 Å². The molecule has 0 saturated carbocycles. The SMILES string of the molecule is CC1(C)COC(=O)N[C@H]1c1ccccc1Sc1ccc(Cl)cc1.Cl. The Labute approximate surface area is 157 Å². The molecule has 0 unspecified atom stereocenters. The molecule has 0 bridgehead atoms. The normalized spacial score (nSPS) is 19.0. The summed E-state index contributed by atoms with van der Waals surface area (Å²) >= 11 is 7.62. The average Bonchev–Trinajstić information content (AvgIpc) is 2.53. The minimum absolute atomic E-state index is 0. The molecule has 1 atom stereocenters. The third-order valence-electron chi connectivity index (χ3n) is 3.89. The number of hydrogen-bond donors (Lipinski definition) is 1. The highest BCUT2D eigenvalue weighted by molar-refractivity contribution is 7.99. The quantitative estimate of drug-likeness (QED) is 0.736. The number of nitrogens with one attached hydrogen (secondary N) is 1. The van der Waals surface area contributed by atoms with E-state index in [0.717, 1.165) is 20.4 Å². The van der Waals surface area contributed by atoms with Gasteiger partial charge in [-0.1, -0.05) is 55.4 Å². The van der Waals surface area contributed by atoms with Gasteiger partial charge in [0, 0.05) is 20.2 Å². The van der Waals surface area contributed by atoms with Crippen molar-refractivity contribution in [1.82, 2.24) is 5.32 Å². The second-order valence-electron chi connectivity index (χ2n) is 6.24. The lowest BCUT2D eigenvalue weighted by Gasteiger charge is -2.39. The van der Waals surface area contributed by atoms with Crippen molar-refractivity contribution >= 4 is 41.9 Å². The van der Waals surface area contributed by atoms with E-state index in [4.69, 9.17) is 16.3 Å². The van der Waals surface area contributed by atoms with Crippen molar-refractivity contribution < 1.29 is 9.53 Å². The van der Waals surface area contributed by atoms with E-state index in [1.54, 1.807) is 11.8 Å². The Morgan fingerprint density at radius 2 is 1.83 bits per heavy atom. The molecule has 6 heteroatoms. The van der Waals surface area contributed by atoms with Crippen LogP contribution in [0, 0.1) is 5.41 Å². The Morgan fingerprint density at radius 1 is 1.17 bits per heavy atom. The van der Waals surface area contributed by atoms with Gasteiger partial charge >= 0.3 is 6.09 Å². The fraction of sp³-hybridized carbons (Fsp3) is 0.278. The van der Waals surface area contributed by atoms with Crippen LogP contribution in [0.5, 0.6) is 0 Å². The Balaban J connectivity index is 0.00000208. The predicted octanol–water partition coefficient (Wildman–Crippen LogP) is 5.72. The van der Waals surface area contributed by atoms with Gasteiger partial charge in [-0.25, -0.2) is 4.79 Å². The number of amides is 1. The van der Waals surface area contributed by atoms with Crippen LogP contribution in [0.2, 0.25) is 5.02 Å². The molecule has 3 nitrogen and oxygen atoms in total. The van der Waals surface area contributed by atoms with Gasteiger partial charge in [0.15, 0.2) is 0 Å². The predicted molar refractivity (Wildman–Crippen MR) is 100 cm³/mol. The fourth-order valence-corrected chi connectivity index (χ4v) is 3.73. The van der Waals surface area contributed by atoms with Crippen LogP contribution in [0.1, 0.15) is 25.5 Å². The van der Waals surface area contributed by atoms with E-state index >= 15 is 0 Å². The van der Waals surface area contributed by atoms with Gasteiger partial charge in [0.25, 0.3) is 0 Å². The van der Waals surface area contributed by atoms with E-state index < -0.39 is 0 Å². The summed E-state index contributed by atoms with van der Waals surface area (Å²) in [5.41, 5.74) is 0.930. The molecule has 0 spiro atoms. The van der Waals surface area contributed by atoms with E-state index in [1.807, 2.05) is 36.4 Å². The minimum Gasteiger partial charge on any atom is -0.449 e. The molecule has 24 heavy (non-hydrogen) atoms. The first-order chi connectivity index (χ1) is 11.0.